The Labute approximate surface area is 149 Å². The molecule has 1 aliphatic rings. The number of nitrogens with one attached hydrogen (secondary N) is 2. The van der Waals surface area contributed by atoms with Crippen LogP contribution in [0.2, 0.25) is 0 Å². The van der Waals surface area contributed by atoms with Crippen LogP contribution in [0.3, 0.4) is 0 Å². The van der Waals surface area contributed by atoms with Crippen LogP contribution in [0.15, 0.2) is 18.2 Å². The summed E-state index contributed by atoms with van der Waals surface area (Å²) >= 11 is 0. The average Bonchev–Trinajstić information content (AvgIpc) is 2.60. The zero-order valence-electron chi connectivity index (χ0n) is 14.4. The van der Waals surface area contributed by atoms with E-state index in [0.717, 1.165) is 12.1 Å². The summed E-state index contributed by atoms with van der Waals surface area (Å²) in [7, 11) is 0. The van der Waals surface area contributed by atoms with Crippen molar-refractivity contribution in [3.63, 3.8) is 0 Å². The summed E-state index contributed by atoms with van der Waals surface area (Å²) in [5, 5.41) is 5.05. The highest BCUT2D eigenvalue weighted by Gasteiger charge is 2.24. The van der Waals surface area contributed by atoms with Gasteiger partial charge >= 0.3 is 6.09 Å². The Bertz CT molecular complexity index is 676. The number of halogens is 2. The van der Waals surface area contributed by atoms with E-state index in [1.807, 2.05) is 0 Å². The van der Waals surface area contributed by atoms with Crippen molar-refractivity contribution in [2.75, 3.05) is 26.2 Å². The second kappa shape index (κ2) is 9.12. The Hall–Kier alpha value is -2.71. The SMILES string of the molecule is CCOC(=O)N1CCC(NC(=O)CNC(=O)c2ccc(F)cc2F)CC1. The number of hydrogen-bond acceptors (Lipinski definition) is 4. The van der Waals surface area contributed by atoms with Crippen LogP contribution in [-0.2, 0) is 9.53 Å². The molecule has 0 spiro atoms. The molecule has 0 saturated carbocycles. The summed E-state index contributed by atoms with van der Waals surface area (Å²) in [6.45, 7) is 2.66. The lowest BCUT2D eigenvalue weighted by Gasteiger charge is -2.31. The van der Waals surface area contributed by atoms with Crippen molar-refractivity contribution in [3.8, 4) is 0 Å². The number of hydrogen-bond donors (Lipinski definition) is 2. The molecule has 1 saturated heterocycles. The van der Waals surface area contributed by atoms with Crippen LogP contribution in [0.25, 0.3) is 0 Å². The lowest BCUT2D eigenvalue weighted by Crippen LogP contribution is -2.48. The molecule has 142 valence electrons. The van der Waals surface area contributed by atoms with E-state index in [-0.39, 0.29) is 24.2 Å². The Morgan fingerprint density at radius 3 is 2.54 bits per heavy atom. The fourth-order valence-electron chi connectivity index (χ4n) is 2.63. The molecule has 1 aromatic carbocycles. The predicted octanol–water partition coefficient (Wildman–Crippen LogP) is 1.43. The number of likely N-dealkylation sites (tertiary alicyclic amines) is 1. The quantitative estimate of drug-likeness (QED) is 0.822. The minimum atomic E-state index is -0.991. The molecular weight excluding hydrogens is 348 g/mol. The Kier molecular flexibility index (Phi) is 6.88. The Morgan fingerprint density at radius 1 is 1.23 bits per heavy atom. The zero-order valence-corrected chi connectivity index (χ0v) is 14.4. The van der Waals surface area contributed by atoms with Gasteiger partial charge in [0.2, 0.25) is 5.91 Å². The van der Waals surface area contributed by atoms with Crippen LogP contribution in [0.5, 0.6) is 0 Å². The van der Waals surface area contributed by atoms with Gasteiger partial charge in [-0.2, -0.15) is 0 Å². The van der Waals surface area contributed by atoms with Gasteiger partial charge in [-0.15, -0.1) is 0 Å². The molecule has 7 nitrogen and oxygen atoms in total. The van der Waals surface area contributed by atoms with E-state index in [1.165, 1.54) is 0 Å². The molecule has 0 bridgehead atoms. The highest BCUT2D eigenvalue weighted by molar-refractivity contribution is 5.96. The lowest BCUT2D eigenvalue weighted by atomic mass is 10.1. The largest absolute Gasteiger partial charge is 0.450 e. The van der Waals surface area contributed by atoms with E-state index in [0.29, 0.717) is 38.6 Å². The second-order valence-electron chi connectivity index (χ2n) is 5.83. The first-order chi connectivity index (χ1) is 12.4. The van der Waals surface area contributed by atoms with Gasteiger partial charge < -0.3 is 20.3 Å². The van der Waals surface area contributed by atoms with Crippen LogP contribution >= 0.6 is 0 Å². The van der Waals surface area contributed by atoms with Crippen molar-refractivity contribution in [2.24, 2.45) is 0 Å². The van der Waals surface area contributed by atoms with E-state index < -0.39 is 23.4 Å². The highest BCUT2D eigenvalue weighted by Crippen LogP contribution is 2.12. The van der Waals surface area contributed by atoms with Gasteiger partial charge in [0, 0.05) is 25.2 Å². The van der Waals surface area contributed by atoms with Gasteiger partial charge in [0.1, 0.15) is 11.6 Å². The maximum absolute atomic E-state index is 13.5. The minimum Gasteiger partial charge on any atom is -0.450 e. The van der Waals surface area contributed by atoms with Gasteiger partial charge in [0.15, 0.2) is 0 Å². The van der Waals surface area contributed by atoms with Gasteiger partial charge in [0.05, 0.1) is 18.7 Å². The van der Waals surface area contributed by atoms with Gasteiger partial charge in [-0.05, 0) is 31.9 Å². The Morgan fingerprint density at radius 2 is 1.92 bits per heavy atom. The molecule has 0 radical (unpaired) electrons. The maximum atomic E-state index is 13.5. The third-order valence-electron chi connectivity index (χ3n) is 3.97. The number of ether oxygens (including phenoxy) is 1. The number of carbonyl (C=O) groups excluding carboxylic acids is 3. The third kappa shape index (κ3) is 5.40. The van der Waals surface area contributed by atoms with Crippen LogP contribution in [0, 0.1) is 11.6 Å². The summed E-state index contributed by atoms with van der Waals surface area (Å²) < 4.78 is 31.3. The monoisotopic (exact) mass is 369 g/mol. The molecule has 0 unspecified atom stereocenters. The van der Waals surface area contributed by atoms with E-state index >= 15 is 0 Å². The van der Waals surface area contributed by atoms with E-state index in [2.05, 4.69) is 10.6 Å². The van der Waals surface area contributed by atoms with Gasteiger partial charge in [-0.1, -0.05) is 0 Å². The molecule has 0 aromatic heterocycles. The van der Waals surface area contributed by atoms with Crippen LogP contribution in [0.1, 0.15) is 30.1 Å². The first-order valence-electron chi connectivity index (χ1n) is 8.35. The molecular formula is C17H21F2N3O4. The lowest BCUT2D eigenvalue weighted by molar-refractivity contribution is -0.121. The summed E-state index contributed by atoms with van der Waals surface area (Å²) in [5.74, 6) is -2.99. The number of amides is 3. The molecule has 1 heterocycles. The zero-order chi connectivity index (χ0) is 19.1. The summed E-state index contributed by atoms with van der Waals surface area (Å²) in [6, 6.07) is 2.47. The maximum Gasteiger partial charge on any atom is 0.409 e. The molecule has 2 N–H and O–H groups in total. The van der Waals surface area contributed by atoms with E-state index in [9.17, 15) is 23.2 Å². The predicted molar refractivity (Wildman–Crippen MR) is 88.5 cm³/mol. The van der Waals surface area contributed by atoms with E-state index in [1.54, 1.807) is 11.8 Å². The standard InChI is InChI=1S/C17H21F2N3O4/c1-2-26-17(25)22-7-5-12(6-8-22)21-15(23)10-20-16(24)13-4-3-11(18)9-14(13)19/h3-4,9,12H,2,5-8,10H2,1H3,(H,20,24)(H,21,23). The van der Waals surface area contributed by atoms with Crippen LogP contribution in [0.4, 0.5) is 13.6 Å². The number of piperidine rings is 1. The molecule has 26 heavy (non-hydrogen) atoms. The smallest absolute Gasteiger partial charge is 0.409 e. The van der Waals surface area contributed by atoms with Crippen molar-refractivity contribution < 1.29 is 27.9 Å². The molecule has 2 rings (SSSR count). The fourth-order valence-corrected chi connectivity index (χ4v) is 2.63. The molecule has 9 heteroatoms. The van der Waals surface area contributed by atoms with E-state index in [4.69, 9.17) is 4.74 Å². The fraction of sp³-hybridized carbons (Fsp3) is 0.471. The number of benzene rings is 1. The first-order valence-corrected chi connectivity index (χ1v) is 8.35. The first kappa shape index (κ1) is 19.6. The Balaban J connectivity index is 1.74. The van der Waals surface area contributed by atoms with Crippen molar-refractivity contribution in [1.82, 2.24) is 15.5 Å². The van der Waals surface area contributed by atoms with Gasteiger partial charge in [-0.25, -0.2) is 13.6 Å². The molecule has 0 atom stereocenters. The van der Waals surface area contributed by atoms with Crippen molar-refractivity contribution >= 4 is 17.9 Å². The third-order valence-corrected chi connectivity index (χ3v) is 3.97. The average molecular weight is 369 g/mol. The van der Waals surface area contributed by atoms with Crippen molar-refractivity contribution in [3.05, 3.63) is 35.4 Å². The molecule has 1 aliphatic heterocycles. The highest BCUT2D eigenvalue weighted by atomic mass is 19.1. The normalized spacial score (nSPS) is 14.7. The number of carbonyl (C=O) groups is 3. The molecule has 3 amide bonds. The summed E-state index contributed by atoms with van der Waals surface area (Å²) in [6.07, 6.45) is 0.779. The molecule has 1 aromatic rings. The summed E-state index contributed by atoms with van der Waals surface area (Å²) in [5.41, 5.74) is -0.332. The topological polar surface area (TPSA) is 87.7 Å². The second-order valence-corrected chi connectivity index (χ2v) is 5.83. The summed E-state index contributed by atoms with van der Waals surface area (Å²) in [4.78, 5) is 36.9. The molecule has 0 aliphatic carbocycles. The molecule has 1 fully saturated rings. The van der Waals surface area contributed by atoms with Crippen molar-refractivity contribution in [2.45, 2.75) is 25.8 Å². The number of rotatable bonds is 5. The van der Waals surface area contributed by atoms with Crippen LogP contribution in [-0.4, -0.2) is 55.1 Å². The van der Waals surface area contributed by atoms with Crippen molar-refractivity contribution in [1.29, 1.82) is 0 Å². The minimum absolute atomic E-state index is 0.118. The number of nitrogens with zero attached hydrogens (tertiary/aromatic N) is 1. The van der Waals surface area contributed by atoms with Gasteiger partial charge in [0.25, 0.3) is 5.91 Å². The van der Waals surface area contributed by atoms with Gasteiger partial charge in [-0.3, -0.25) is 9.59 Å². The van der Waals surface area contributed by atoms with Crippen LogP contribution < -0.4 is 10.6 Å².